The standard InChI is InChI=1S/C18H19N3O6/c22-18(13-4-6-15-16(10-13)27-12-26-15)25-9-3-1-2-8-19-17-7-5-14(11-20-17)21(23)24/h4-7,10-11H,1-3,8-9,12H2,(H,19,20). The van der Waals surface area contributed by atoms with Gasteiger partial charge in [0.25, 0.3) is 5.69 Å². The molecule has 9 heteroatoms. The number of hydrogen-bond acceptors (Lipinski definition) is 8. The summed E-state index contributed by atoms with van der Waals surface area (Å²) in [6.07, 6.45) is 3.69. The molecule has 0 aliphatic carbocycles. The SMILES string of the molecule is O=C(OCCCCCNc1ccc([N+](=O)[O-])cn1)c1ccc2c(c1)OCO2. The quantitative estimate of drug-likeness (QED) is 0.309. The molecule has 0 amide bonds. The molecule has 0 atom stereocenters. The summed E-state index contributed by atoms with van der Waals surface area (Å²) in [7, 11) is 0. The van der Waals surface area contributed by atoms with Crippen molar-refractivity contribution in [3.63, 3.8) is 0 Å². The smallest absolute Gasteiger partial charge is 0.338 e. The largest absolute Gasteiger partial charge is 0.462 e. The van der Waals surface area contributed by atoms with Crippen molar-refractivity contribution < 1.29 is 23.9 Å². The molecule has 0 spiro atoms. The molecule has 1 aromatic carbocycles. The fraction of sp³-hybridized carbons (Fsp3) is 0.333. The molecule has 2 heterocycles. The predicted octanol–water partition coefficient (Wildman–Crippen LogP) is 3.16. The maximum atomic E-state index is 12.0. The molecule has 0 fully saturated rings. The molecule has 0 unspecified atom stereocenters. The van der Waals surface area contributed by atoms with Crippen LogP contribution in [-0.4, -0.2) is 35.8 Å². The Bertz CT molecular complexity index is 809. The van der Waals surface area contributed by atoms with E-state index in [4.69, 9.17) is 14.2 Å². The summed E-state index contributed by atoms with van der Waals surface area (Å²) in [6, 6.07) is 7.94. The number of nitrogens with one attached hydrogen (secondary N) is 1. The molecule has 1 aromatic heterocycles. The zero-order chi connectivity index (χ0) is 19.1. The minimum absolute atomic E-state index is 0.0372. The van der Waals surface area contributed by atoms with Gasteiger partial charge in [-0.05, 0) is 43.5 Å². The van der Waals surface area contributed by atoms with Crippen molar-refractivity contribution in [2.24, 2.45) is 0 Å². The highest BCUT2D eigenvalue weighted by molar-refractivity contribution is 5.90. The van der Waals surface area contributed by atoms with Gasteiger partial charge >= 0.3 is 5.97 Å². The molecule has 0 radical (unpaired) electrons. The summed E-state index contributed by atoms with van der Waals surface area (Å²) in [6.45, 7) is 1.18. The Morgan fingerprint density at radius 2 is 2.04 bits per heavy atom. The Morgan fingerprint density at radius 1 is 1.19 bits per heavy atom. The van der Waals surface area contributed by atoms with Crippen LogP contribution in [0.4, 0.5) is 11.5 Å². The average Bonchev–Trinajstić information content (AvgIpc) is 3.15. The molecular weight excluding hydrogens is 354 g/mol. The van der Waals surface area contributed by atoms with Gasteiger partial charge in [0.1, 0.15) is 12.0 Å². The number of pyridine rings is 1. The van der Waals surface area contributed by atoms with Gasteiger partial charge in [-0.3, -0.25) is 10.1 Å². The molecule has 3 rings (SSSR count). The Balaban J connectivity index is 1.29. The molecular formula is C18H19N3O6. The van der Waals surface area contributed by atoms with Gasteiger partial charge < -0.3 is 19.5 Å². The summed E-state index contributed by atoms with van der Waals surface area (Å²) >= 11 is 0. The molecule has 1 aliphatic heterocycles. The van der Waals surface area contributed by atoms with Gasteiger partial charge in [-0.25, -0.2) is 9.78 Å². The molecule has 0 bridgehead atoms. The lowest BCUT2D eigenvalue weighted by Crippen LogP contribution is -2.07. The van der Waals surface area contributed by atoms with Gasteiger partial charge in [0.05, 0.1) is 17.1 Å². The van der Waals surface area contributed by atoms with E-state index >= 15 is 0 Å². The fourth-order valence-electron chi connectivity index (χ4n) is 2.49. The first-order chi connectivity index (χ1) is 13.1. The second-order valence-electron chi connectivity index (χ2n) is 5.85. The third kappa shape index (κ3) is 5.06. The lowest BCUT2D eigenvalue weighted by atomic mass is 10.2. The van der Waals surface area contributed by atoms with E-state index in [1.54, 1.807) is 24.3 Å². The molecule has 1 N–H and O–H groups in total. The van der Waals surface area contributed by atoms with Crippen LogP contribution < -0.4 is 14.8 Å². The van der Waals surface area contributed by atoms with Crippen LogP contribution in [0.5, 0.6) is 11.5 Å². The first kappa shape index (κ1) is 18.4. The first-order valence-electron chi connectivity index (χ1n) is 8.54. The van der Waals surface area contributed by atoms with E-state index in [1.807, 2.05) is 0 Å². The normalized spacial score (nSPS) is 11.9. The molecule has 9 nitrogen and oxygen atoms in total. The van der Waals surface area contributed by atoms with Crippen molar-refractivity contribution in [3.05, 3.63) is 52.2 Å². The van der Waals surface area contributed by atoms with E-state index in [2.05, 4.69) is 10.3 Å². The Kier molecular flexibility index (Phi) is 6.03. The summed E-state index contributed by atoms with van der Waals surface area (Å²) in [4.78, 5) is 26.1. The third-order valence-corrected chi connectivity index (χ3v) is 3.93. The maximum absolute atomic E-state index is 12.0. The minimum Gasteiger partial charge on any atom is -0.462 e. The lowest BCUT2D eigenvalue weighted by molar-refractivity contribution is -0.385. The van der Waals surface area contributed by atoms with Crippen LogP contribution in [0.2, 0.25) is 0 Å². The number of nitro groups is 1. The second kappa shape index (κ2) is 8.84. The van der Waals surface area contributed by atoms with E-state index in [-0.39, 0.29) is 18.4 Å². The number of hydrogen-bond donors (Lipinski definition) is 1. The molecule has 1 aliphatic rings. The van der Waals surface area contributed by atoms with Gasteiger partial charge in [0, 0.05) is 12.6 Å². The van der Waals surface area contributed by atoms with Gasteiger partial charge in [-0.2, -0.15) is 0 Å². The molecule has 0 saturated carbocycles. The number of carbonyl (C=O) groups is 1. The Morgan fingerprint density at radius 3 is 2.81 bits per heavy atom. The van der Waals surface area contributed by atoms with Gasteiger partial charge in [0.2, 0.25) is 6.79 Å². The molecule has 27 heavy (non-hydrogen) atoms. The highest BCUT2D eigenvalue weighted by Crippen LogP contribution is 2.32. The van der Waals surface area contributed by atoms with Crippen molar-refractivity contribution in [3.8, 4) is 11.5 Å². The second-order valence-corrected chi connectivity index (χ2v) is 5.85. The lowest BCUT2D eigenvalue weighted by Gasteiger charge is -2.07. The first-order valence-corrected chi connectivity index (χ1v) is 8.54. The van der Waals surface area contributed by atoms with Crippen LogP contribution in [0, 0.1) is 10.1 Å². The summed E-state index contributed by atoms with van der Waals surface area (Å²) in [5, 5.41) is 13.7. The van der Waals surface area contributed by atoms with Crippen molar-refractivity contribution in [2.45, 2.75) is 19.3 Å². The number of unbranched alkanes of at least 4 members (excludes halogenated alkanes) is 2. The number of fused-ring (bicyclic) bond motifs is 1. The number of benzene rings is 1. The van der Waals surface area contributed by atoms with Crippen LogP contribution in [0.25, 0.3) is 0 Å². The van der Waals surface area contributed by atoms with Crippen LogP contribution >= 0.6 is 0 Å². The average molecular weight is 373 g/mol. The van der Waals surface area contributed by atoms with E-state index in [1.165, 1.54) is 12.3 Å². The van der Waals surface area contributed by atoms with Crippen LogP contribution in [0.3, 0.4) is 0 Å². The maximum Gasteiger partial charge on any atom is 0.338 e. The Labute approximate surface area is 155 Å². The zero-order valence-corrected chi connectivity index (χ0v) is 14.6. The minimum atomic E-state index is -0.484. The predicted molar refractivity (Wildman–Crippen MR) is 96.1 cm³/mol. The topological polar surface area (TPSA) is 113 Å². The van der Waals surface area contributed by atoms with Gasteiger partial charge in [-0.15, -0.1) is 0 Å². The van der Waals surface area contributed by atoms with Crippen molar-refractivity contribution in [2.75, 3.05) is 25.3 Å². The Hall–Kier alpha value is -3.36. The van der Waals surface area contributed by atoms with Crippen LogP contribution in [0.1, 0.15) is 29.6 Å². The van der Waals surface area contributed by atoms with Crippen LogP contribution in [0.15, 0.2) is 36.5 Å². The van der Waals surface area contributed by atoms with Crippen molar-refractivity contribution in [1.29, 1.82) is 0 Å². The summed E-state index contributed by atoms with van der Waals surface area (Å²) in [5.41, 5.74) is 0.398. The number of ether oxygens (including phenoxy) is 3. The van der Waals surface area contributed by atoms with E-state index < -0.39 is 4.92 Å². The molecule has 2 aromatic rings. The van der Waals surface area contributed by atoms with Crippen LogP contribution in [-0.2, 0) is 4.74 Å². The fourth-order valence-corrected chi connectivity index (χ4v) is 2.49. The number of esters is 1. The summed E-state index contributed by atoms with van der Waals surface area (Å²) < 4.78 is 15.7. The highest BCUT2D eigenvalue weighted by Gasteiger charge is 2.16. The number of nitrogens with zero attached hydrogens (tertiary/aromatic N) is 2. The highest BCUT2D eigenvalue weighted by atomic mass is 16.7. The van der Waals surface area contributed by atoms with Crippen molar-refractivity contribution >= 4 is 17.5 Å². The van der Waals surface area contributed by atoms with Crippen molar-refractivity contribution in [1.82, 2.24) is 4.98 Å². The third-order valence-electron chi connectivity index (χ3n) is 3.93. The van der Waals surface area contributed by atoms with E-state index in [0.29, 0.717) is 36.0 Å². The molecule has 142 valence electrons. The zero-order valence-electron chi connectivity index (χ0n) is 14.6. The summed E-state index contributed by atoms with van der Waals surface area (Å²) in [5.74, 6) is 1.38. The van der Waals surface area contributed by atoms with E-state index in [9.17, 15) is 14.9 Å². The molecule has 0 saturated heterocycles. The van der Waals surface area contributed by atoms with Gasteiger partial charge in [-0.1, -0.05) is 0 Å². The number of aromatic nitrogens is 1. The number of anilines is 1. The number of rotatable bonds is 9. The van der Waals surface area contributed by atoms with Gasteiger partial charge in [0.15, 0.2) is 11.5 Å². The van der Waals surface area contributed by atoms with E-state index in [0.717, 1.165) is 19.3 Å². The number of carbonyl (C=O) groups excluding carboxylic acids is 1. The monoisotopic (exact) mass is 373 g/mol.